The number of benzene rings is 2. The maximum absolute atomic E-state index is 13.1. The Morgan fingerprint density at radius 1 is 1.10 bits per heavy atom. The molecule has 0 saturated heterocycles. The average Bonchev–Trinajstić information content (AvgIpc) is 3.75. The van der Waals surface area contributed by atoms with Crippen LogP contribution in [0.5, 0.6) is 0 Å². The Morgan fingerprint density at radius 2 is 1.95 bits per heavy atom. The summed E-state index contributed by atoms with van der Waals surface area (Å²) in [6.45, 7) is 2.11. The van der Waals surface area contributed by atoms with Gasteiger partial charge in [-0.2, -0.15) is 5.21 Å². The number of imidazole rings is 2. The molecular weight excluding hydrogens is 530 g/mol. The summed E-state index contributed by atoms with van der Waals surface area (Å²) in [5.41, 5.74) is 10.3. The Kier molecular flexibility index (Phi) is 8.62. The first kappa shape index (κ1) is 27.2. The zero-order chi connectivity index (χ0) is 27.9. The first-order valence-electron chi connectivity index (χ1n) is 13.1. The van der Waals surface area contributed by atoms with E-state index < -0.39 is 18.1 Å². The molecular formula is C28H30ClN9O2. The largest absolute Gasteiger partial charge is 0.454 e. The molecule has 2 atom stereocenters. The molecule has 12 heteroatoms. The topological polar surface area (TPSA) is 164 Å². The summed E-state index contributed by atoms with van der Waals surface area (Å²) in [6.07, 6.45) is 5.77. The van der Waals surface area contributed by atoms with E-state index in [4.69, 9.17) is 22.1 Å². The number of aryl methyl sites for hydroxylation is 1. The van der Waals surface area contributed by atoms with Gasteiger partial charge in [-0.15, -0.1) is 10.2 Å². The van der Waals surface area contributed by atoms with Crippen LogP contribution in [-0.4, -0.2) is 52.6 Å². The fourth-order valence-corrected chi connectivity index (χ4v) is 4.75. The number of nitrogens with one attached hydrogen (secondary N) is 3. The summed E-state index contributed by atoms with van der Waals surface area (Å²) >= 11 is 6.57. The van der Waals surface area contributed by atoms with E-state index in [9.17, 15) is 4.79 Å². The van der Waals surface area contributed by atoms with Gasteiger partial charge in [0.1, 0.15) is 23.8 Å². The molecule has 11 nitrogen and oxygen atoms in total. The molecule has 0 aliphatic rings. The van der Waals surface area contributed by atoms with E-state index >= 15 is 0 Å². The maximum Gasteiger partial charge on any atom is 0.324 e. The number of halogens is 1. The highest BCUT2D eigenvalue weighted by Crippen LogP contribution is 2.34. The number of carbonyl (C=O) groups is 1. The number of nitrogens with two attached hydrogens (primary N) is 1. The first-order valence-corrected chi connectivity index (χ1v) is 13.5. The number of aromatic nitrogens is 8. The van der Waals surface area contributed by atoms with E-state index in [0.717, 1.165) is 47.3 Å². The zero-order valence-corrected chi connectivity index (χ0v) is 22.7. The minimum absolute atomic E-state index is 0.213. The number of tetrazole rings is 1. The number of esters is 1. The lowest BCUT2D eigenvalue weighted by Gasteiger charge is -2.20. The van der Waals surface area contributed by atoms with Crippen LogP contribution in [-0.2, 0) is 28.8 Å². The van der Waals surface area contributed by atoms with E-state index in [1.54, 1.807) is 12.4 Å². The van der Waals surface area contributed by atoms with Gasteiger partial charge < -0.3 is 20.4 Å². The van der Waals surface area contributed by atoms with E-state index in [-0.39, 0.29) is 11.6 Å². The Hall–Kier alpha value is -4.35. The lowest BCUT2D eigenvalue weighted by atomic mass is 9.95. The highest BCUT2D eigenvalue weighted by Gasteiger charge is 2.27. The molecule has 0 radical (unpaired) electrons. The number of H-pyrrole nitrogens is 3. The molecule has 0 unspecified atom stereocenters. The lowest BCUT2D eigenvalue weighted by molar-refractivity contribution is -0.151. The highest BCUT2D eigenvalue weighted by molar-refractivity contribution is 6.30. The molecule has 0 aliphatic carbocycles. The van der Waals surface area contributed by atoms with Crippen LogP contribution in [0.4, 0.5) is 0 Å². The molecule has 2 aromatic carbocycles. The molecule has 5 rings (SSSR count). The average molecular weight is 560 g/mol. The summed E-state index contributed by atoms with van der Waals surface area (Å²) in [4.78, 5) is 28.0. The van der Waals surface area contributed by atoms with E-state index in [2.05, 4.69) is 47.5 Å². The molecule has 206 valence electrons. The first-order chi connectivity index (χ1) is 19.5. The Balaban J connectivity index is 1.46. The molecule has 5 aromatic rings. The molecule has 40 heavy (non-hydrogen) atoms. The Labute approximate surface area is 235 Å². The van der Waals surface area contributed by atoms with Crippen LogP contribution < -0.4 is 5.73 Å². The van der Waals surface area contributed by atoms with Gasteiger partial charge in [-0.25, -0.2) is 9.97 Å². The van der Waals surface area contributed by atoms with Gasteiger partial charge in [0.05, 0.1) is 5.69 Å². The number of hydrogen-bond donors (Lipinski definition) is 4. The number of ether oxygens (including phenoxy) is 1. The maximum atomic E-state index is 13.1. The standard InChI is InChI=1S/C28H30ClN9O2/c1-2-3-9-23-33-25(26(29)34-23)22(40-28(39)21(30)16-24-31-12-13-32-24)15-17-10-11-19(18-7-5-4-6-8-18)20(14-17)27-35-37-38-36-27/h4-8,10-14,21-22H,2-3,9,15-16,30H2,1H3,(H,31,32)(H,33,34)(H,35,36,37,38)/t21-,22-/m1/s1. The van der Waals surface area contributed by atoms with Crippen molar-refractivity contribution in [3.63, 3.8) is 0 Å². The summed E-state index contributed by atoms with van der Waals surface area (Å²) in [6, 6.07) is 15.0. The van der Waals surface area contributed by atoms with Gasteiger partial charge in [-0.05, 0) is 34.4 Å². The lowest BCUT2D eigenvalue weighted by Crippen LogP contribution is -2.36. The van der Waals surface area contributed by atoms with Crippen LogP contribution in [0.25, 0.3) is 22.5 Å². The summed E-state index contributed by atoms with van der Waals surface area (Å²) in [7, 11) is 0. The summed E-state index contributed by atoms with van der Waals surface area (Å²) in [5.74, 6) is 1.23. The van der Waals surface area contributed by atoms with Crippen molar-refractivity contribution in [2.75, 3.05) is 0 Å². The Bertz CT molecular complexity index is 1520. The van der Waals surface area contributed by atoms with E-state index in [0.29, 0.717) is 23.8 Å². The van der Waals surface area contributed by atoms with Gasteiger partial charge in [-0.1, -0.05) is 67.4 Å². The number of rotatable bonds is 12. The minimum atomic E-state index is -0.912. The number of nitrogens with zero attached hydrogens (tertiary/aromatic N) is 5. The molecule has 0 fully saturated rings. The van der Waals surface area contributed by atoms with Gasteiger partial charge in [0.25, 0.3) is 0 Å². The second kappa shape index (κ2) is 12.7. The van der Waals surface area contributed by atoms with Crippen molar-refractivity contribution in [1.29, 1.82) is 0 Å². The van der Waals surface area contributed by atoms with Crippen molar-refractivity contribution in [2.24, 2.45) is 5.73 Å². The SMILES string of the molecule is CCCCc1nc(Cl)c([C@@H](Cc2ccc(-c3ccccc3)c(-c3nn[nH]n3)c2)OC(=O)[C@H](N)Cc2ncc[nH]2)[nH]1. The summed E-state index contributed by atoms with van der Waals surface area (Å²) < 4.78 is 5.98. The van der Waals surface area contributed by atoms with Crippen LogP contribution in [0.2, 0.25) is 5.15 Å². The smallest absolute Gasteiger partial charge is 0.324 e. The second-order valence-electron chi connectivity index (χ2n) is 9.45. The molecule has 0 bridgehead atoms. The van der Waals surface area contributed by atoms with Crippen molar-refractivity contribution >= 4 is 17.6 Å². The van der Waals surface area contributed by atoms with Crippen LogP contribution in [0.15, 0.2) is 60.9 Å². The molecule has 0 amide bonds. The normalized spacial score (nSPS) is 12.8. The predicted molar refractivity (Wildman–Crippen MR) is 150 cm³/mol. The van der Waals surface area contributed by atoms with Gasteiger partial charge in [0.2, 0.25) is 5.82 Å². The monoisotopic (exact) mass is 559 g/mol. The minimum Gasteiger partial charge on any atom is -0.454 e. The predicted octanol–water partition coefficient (Wildman–Crippen LogP) is 4.37. The van der Waals surface area contributed by atoms with Crippen molar-refractivity contribution in [3.05, 3.63) is 89.0 Å². The van der Waals surface area contributed by atoms with Gasteiger partial charge in [0, 0.05) is 37.2 Å². The van der Waals surface area contributed by atoms with Crippen LogP contribution in [0, 0.1) is 0 Å². The van der Waals surface area contributed by atoms with Gasteiger partial charge >= 0.3 is 5.97 Å². The van der Waals surface area contributed by atoms with E-state index in [1.807, 2.05) is 48.5 Å². The number of aromatic amines is 3. The fraction of sp³-hybridized carbons (Fsp3) is 0.286. The van der Waals surface area contributed by atoms with Crippen molar-refractivity contribution in [1.82, 2.24) is 40.6 Å². The highest BCUT2D eigenvalue weighted by atomic mass is 35.5. The van der Waals surface area contributed by atoms with Gasteiger partial charge in [0.15, 0.2) is 5.15 Å². The molecule has 0 spiro atoms. The number of unbranched alkanes of at least 4 members (excludes halogenated alkanes) is 1. The second-order valence-corrected chi connectivity index (χ2v) is 9.81. The number of carbonyl (C=O) groups excluding carboxylic acids is 1. The molecule has 3 aromatic heterocycles. The zero-order valence-electron chi connectivity index (χ0n) is 22.0. The molecule has 3 heterocycles. The van der Waals surface area contributed by atoms with Crippen LogP contribution >= 0.6 is 11.6 Å². The van der Waals surface area contributed by atoms with Gasteiger partial charge in [-0.3, -0.25) is 4.79 Å². The van der Waals surface area contributed by atoms with Crippen LogP contribution in [0.3, 0.4) is 0 Å². The van der Waals surface area contributed by atoms with Crippen molar-refractivity contribution < 1.29 is 9.53 Å². The fourth-order valence-electron chi connectivity index (χ4n) is 4.48. The third-order valence-electron chi connectivity index (χ3n) is 6.53. The third-order valence-corrected chi connectivity index (χ3v) is 6.82. The quantitative estimate of drug-likeness (QED) is 0.164. The molecule has 0 aliphatic heterocycles. The van der Waals surface area contributed by atoms with Crippen LogP contribution in [0.1, 0.15) is 48.8 Å². The molecule has 0 saturated carbocycles. The van der Waals surface area contributed by atoms with E-state index in [1.165, 1.54) is 0 Å². The Morgan fingerprint density at radius 3 is 2.67 bits per heavy atom. The molecule has 5 N–H and O–H groups in total. The van der Waals surface area contributed by atoms with Crippen molar-refractivity contribution in [3.8, 4) is 22.5 Å². The number of hydrogen-bond acceptors (Lipinski definition) is 8. The summed E-state index contributed by atoms with van der Waals surface area (Å²) in [5, 5.41) is 15.0. The third kappa shape index (κ3) is 6.44. The van der Waals surface area contributed by atoms with Crippen molar-refractivity contribution in [2.45, 2.75) is 51.2 Å².